The van der Waals surface area contributed by atoms with Crippen molar-refractivity contribution in [3.05, 3.63) is 82.9 Å². The van der Waals surface area contributed by atoms with Crippen molar-refractivity contribution in [1.82, 2.24) is 19.7 Å². The molecule has 2 aromatic heterocycles. The molecule has 6 nitrogen and oxygen atoms in total. The van der Waals surface area contributed by atoms with Gasteiger partial charge in [0.1, 0.15) is 5.82 Å². The van der Waals surface area contributed by atoms with Gasteiger partial charge in [-0.2, -0.15) is 0 Å². The Kier molecular flexibility index (Phi) is 6.74. The fraction of sp³-hybridized carbons (Fsp3) is 0.0909. The monoisotopic (exact) mass is 487 g/mol. The van der Waals surface area contributed by atoms with Gasteiger partial charge in [0.05, 0.1) is 26.7 Å². The first-order valence-electron chi connectivity index (χ1n) is 9.47. The first-order chi connectivity index (χ1) is 15.4. The number of anilines is 1. The van der Waals surface area contributed by atoms with Crippen molar-refractivity contribution in [3.63, 3.8) is 0 Å². The van der Waals surface area contributed by atoms with Gasteiger partial charge in [-0.1, -0.05) is 47.1 Å². The zero-order chi connectivity index (χ0) is 22.7. The zero-order valence-corrected chi connectivity index (χ0v) is 19.0. The lowest BCUT2D eigenvalue weighted by Crippen LogP contribution is -2.23. The number of carbonyl (C=O) groups excluding carboxylic acids is 1. The number of amides is 1. The van der Waals surface area contributed by atoms with E-state index in [0.29, 0.717) is 26.7 Å². The molecule has 32 heavy (non-hydrogen) atoms. The quantitative estimate of drug-likeness (QED) is 0.343. The van der Waals surface area contributed by atoms with E-state index in [1.165, 1.54) is 23.9 Å². The number of hydrogen-bond donors (Lipinski definition) is 1. The summed E-state index contributed by atoms with van der Waals surface area (Å²) in [5.74, 6) is -0.344. The van der Waals surface area contributed by atoms with E-state index in [2.05, 4.69) is 20.5 Å². The van der Waals surface area contributed by atoms with Gasteiger partial charge in [-0.25, -0.2) is 4.39 Å². The molecule has 162 valence electrons. The number of carbonyl (C=O) groups is 1. The molecule has 1 N–H and O–H groups in total. The average molecular weight is 488 g/mol. The summed E-state index contributed by atoms with van der Waals surface area (Å²) in [4.78, 5) is 16.8. The molecule has 1 unspecified atom stereocenters. The first kappa shape index (κ1) is 22.3. The third-order valence-corrected chi connectivity index (χ3v) is 6.28. The van der Waals surface area contributed by atoms with Gasteiger partial charge in [-0.15, -0.1) is 10.2 Å². The second-order valence-corrected chi connectivity index (χ2v) is 8.83. The van der Waals surface area contributed by atoms with E-state index in [1.807, 2.05) is 6.07 Å². The number of thioether (sulfide) groups is 1. The molecule has 0 radical (unpaired) electrons. The van der Waals surface area contributed by atoms with Gasteiger partial charge < -0.3 is 5.32 Å². The van der Waals surface area contributed by atoms with Crippen LogP contribution in [-0.2, 0) is 4.79 Å². The average Bonchev–Trinajstić information content (AvgIpc) is 3.21. The predicted molar refractivity (Wildman–Crippen MR) is 125 cm³/mol. The van der Waals surface area contributed by atoms with E-state index in [0.717, 1.165) is 5.56 Å². The van der Waals surface area contributed by atoms with Crippen LogP contribution in [0.1, 0.15) is 6.92 Å². The molecule has 0 spiro atoms. The van der Waals surface area contributed by atoms with Crippen LogP contribution in [0.25, 0.3) is 17.1 Å². The van der Waals surface area contributed by atoms with Gasteiger partial charge in [0.2, 0.25) is 5.91 Å². The molecule has 2 heterocycles. The number of rotatable bonds is 6. The number of para-hydroxylation sites is 1. The minimum atomic E-state index is -0.595. The number of hydrogen-bond acceptors (Lipinski definition) is 5. The molecule has 0 bridgehead atoms. The third-order valence-electron chi connectivity index (χ3n) is 4.50. The van der Waals surface area contributed by atoms with Crippen molar-refractivity contribution < 1.29 is 9.18 Å². The fourth-order valence-electron chi connectivity index (χ4n) is 2.89. The molecule has 4 aromatic rings. The molecule has 1 amide bonds. The third kappa shape index (κ3) is 4.77. The van der Waals surface area contributed by atoms with Crippen molar-refractivity contribution >= 4 is 46.6 Å². The molecular formula is C22H16Cl2FN5OS. The summed E-state index contributed by atoms with van der Waals surface area (Å²) in [6.07, 6.45) is 3.33. The van der Waals surface area contributed by atoms with Crippen LogP contribution in [0.2, 0.25) is 10.0 Å². The van der Waals surface area contributed by atoms with Crippen LogP contribution in [0.4, 0.5) is 10.1 Å². The smallest absolute Gasteiger partial charge is 0.237 e. The number of benzene rings is 2. The standard InChI is InChI=1S/C22H16Cl2FN5OS/c1-13(21(31)27-19-7-3-2-6-18(19)25)32-22-29-28-20(14-5-4-10-26-12-14)30(22)15-8-9-16(23)17(24)11-15/h2-13H,1H3,(H,27,31). The summed E-state index contributed by atoms with van der Waals surface area (Å²) in [5.41, 5.74) is 1.53. The summed E-state index contributed by atoms with van der Waals surface area (Å²) >= 11 is 13.5. The SMILES string of the molecule is CC(Sc1nnc(-c2cccnc2)n1-c1ccc(Cl)c(Cl)c1)C(=O)Nc1ccccc1F. The Bertz CT molecular complexity index is 1270. The molecular weight excluding hydrogens is 472 g/mol. The number of pyridine rings is 1. The first-order valence-corrected chi connectivity index (χ1v) is 11.1. The van der Waals surface area contributed by atoms with E-state index in [-0.39, 0.29) is 11.6 Å². The molecule has 0 saturated carbocycles. The van der Waals surface area contributed by atoms with Crippen LogP contribution >= 0.6 is 35.0 Å². The summed E-state index contributed by atoms with van der Waals surface area (Å²) in [6, 6.07) is 14.8. The maximum Gasteiger partial charge on any atom is 0.237 e. The van der Waals surface area contributed by atoms with Gasteiger partial charge in [-0.05, 0) is 49.4 Å². The van der Waals surface area contributed by atoms with E-state index in [1.54, 1.807) is 60.3 Å². The van der Waals surface area contributed by atoms with E-state index in [4.69, 9.17) is 23.2 Å². The van der Waals surface area contributed by atoms with Crippen molar-refractivity contribution in [2.45, 2.75) is 17.3 Å². The lowest BCUT2D eigenvalue weighted by molar-refractivity contribution is -0.115. The maximum atomic E-state index is 13.9. The second kappa shape index (κ2) is 9.68. The Labute approximate surface area is 197 Å². The van der Waals surface area contributed by atoms with Crippen molar-refractivity contribution in [2.75, 3.05) is 5.32 Å². The van der Waals surface area contributed by atoms with E-state index < -0.39 is 11.1 Å². The summed E-state index contributed by atoms with van der Waals surface area (Å²) in [7, 11) is 0. The lowest BCUT2D eigenvalue weighted by Gasteiger charge is -2.14. The summed E-state index contributed by atoms with van der Waals surface area (Å²) < 4.78 is 15.7. The maximum absolute atomic E-state index is 13.9. The van der Waals surface area contributed by atoms with E-state index in [9.17, 15) is 9.18 Å². The summed E-state index contributed by atoms with van der Waals surface area (Å²) in [6.45, 7) is 1.71. The largest absolute Gasteiger partial charge is 0.323 e. The number of aromatic nitrogens is 4. The summed E-state index contributed by atoms with van der Waals surface area (Å²) in [5, 5.41) is 11.8. The Hall–Kier alpha value is -2.94. The highest BCUT2D eigenvalue weighted by Crippen LogP contribution is 2.33. The minimum absolute atomic E-state index is 0.118. The van der Waals surface area contributed by atoms with Crippen molar-refractivity contribution in [1.29, 1.82) is 0 Å². The lowest BCUT2D eigenvalue weighted by atomic mass is 10.2. The molecule has 4 rings (SSSR count). The minimum Gasteiger partial charge on any atom is -0.323 e. The van der Waals surface area contributed by atoms with Gasteiger partial charge in [-0.3, -0.25) is 14.3 Å². The Morgan fingerprint density at radius 1 is 1.09 bits per heavy atom. The van der Waals surface area contributed by atoms with Crippen LogP contribution in [0.15, 0.2) is 72.1 Å². The topological polar surface area (TPSA) is 72.7 Å². The van der Waals surface area contributed by atoms with Crippen LogP contribution < -0.4 is 5.32 Å². The van der Waals surface area contributed by atoms with Gasteiger partial charge >= 0.3 is 0 Å². The zero-order valence-electron chi connectivity index (χ0n) is 16.7. The molecule has 0 aliphatic rings. The second-order valence-electron chi connectivity index (χ2n) is 6.71. The van der Waals surface area contributed by atoms with Gasteiger partial charge in [0, 0.05) is 18.0 Å². The van der Waals surface area contributed by atoms with Crippen molar-refractivity contribution in [3.8, 4) is 17.1 Å². The number of halogens is 3. The number of nitrogens with zero attached hydrogens (tertiary/aromatic N) is 4. The van der Waals surface area contributed by atoms with Crippen LogP contribution in [-0.4, -0.2) is 30.9 Å². The highest BCUT2D eigenvalue weighted by atomic mass is 35.5. The van der Waals surface area contributed by atoms with Crippen LogP contribution in [0.3, 0.4) is 0 Å². The fourth-order valence-corrected chi connectivity index (χ4v) is 4.05. The molecule has 1 atom stereocenters. The Balaban J connectivity index is 1.68. The Morgan fingerprint density at radius 3 is 2.62 bits per heavy atom. The van der Waals surface area contributed by atoms with Crippen LogP contribution in [0, 0.1) is 5.82 Å². The molecule has 2 aromatic carbocycles. The molecule has 0 fully saturated rings. The van der Waals surface area contributed by atoms with E-state index >= 15 is 0 Å². The number of nitrogens with one attached hydrogen (secondary N) is 1. The van der Waals surface area contributed by atoms with Gasteiger partial charge in [0.15, 0.2) is 11.0 Å². The molecule has 10 heteroatoms. The van der Waals surface area contributed by atoms with Gasteiger partial charge in [0.25, 0.3) is 0 Å². The highest BCUT2D eigenvalue weighted by molar-refractivity contribution is 8.00. The molecule has 0 aliphatic heterocycles. The normalized spacial score (nSPS) is 11.9. The highest BCUT2D eigenvalue weighted by Gasteiger charge is 2.23. The molecule has 0 aliphatic carbocycles. The molecule has 0 saturated heterocycles. The van der Waals surface area contributed by atoms with Crippen molar-refractivity contribution in [2.24, 2.45) is 0 Å². The van der Waals surface area contributed by atoms with Crippen LogP contribution in [0.5, 0.6) is 0 Å². The Morgan fingerprint density at radius 2 is 1.91 bits per heavy atom. The predicted octanol–water partition coefficient (Wildman–Crippen LogP) is 5.89.